The van der Waals surface area contributed by atoms with Crippen molar-refractivity contribution in [1.29, 1.82) is 0 Å². The normalized spacial score (nSPS) is 12.7. The van der Waals surface area contributed by atoms with Crippen LogP contribution in [0, 0.1) is 0 Å². The fraction of sp³-hybridized carbons (Fsp3) is 0.222. The van der Waals surface area contributed by atoms with E-state index in [1.807, 2.05) is 0 Å². The van der Waals surface area contributed by atoms with Gasteiger partial charge in [0.15, 0.2) is 27.2 Å². The predicted molar refractivity (Wildman–Crippen MR) is 106 cm³/mol. The Hall–Kier alpha value is -4.08. The zero-order valence-corrected chi connectivity index (χ0v) is 18.1. The third-order valence-electron chi connectivity index (χ3n) is 4.19. The quantitative estimate of drug-likeness (QED) is 0.486. The average molecular weight is 500 g/mol. The molecule has 0 bridgehead atoms. The third-order valence-corrected chi connectivity index (χ3v) is 5.28. The highest BCUT2D eigenvalue weighted by molar-refractivity contribution is 7.90. The summed E-state index contributed by atoms with van der Waals surface area (Å²) in [6.07, 6.45) is -1.10. The SMILES string of the molecule is C[C@H](NC(=O)c1cc(OC(F)(F)F)cc(S(C)(=O)=O)c1)c1ncnn1-c1cnc(C(=O)O)cn1. The molecule has 0 saturated heterocycles. The molecule has 12 nitrogen and oxygen atoms in total. The number of hydrogen-bond donors (Lipinski definition) is 2. The molecule has 1 atom stereocenters. The molecule has 0 fully saturated rings. The predicted octanol–water partition coefficient (Wildman–Crippen LogP) is 1.55. The third kappa shape index (κ3) is 5.83. The number of benzene rings is 1. The van der Waals surface area contributed by atoms with Crippen LogP contribution in [-0.2, 0) is 9.84 Å². The molecule has 1 aromatic carbocycles. The summed E-state index contributed by atoms with van der Waals surface area (Å²) in [6, 6.07) is 1.40. The first-order chi connectivity index (χ1) is 15.7. The van der Waals surface area contributed by atoms with E-state index in [0.29, 0.717) is 6.07 Å². The lowest BCUT2D eigenvalue weighted by atomic mass is 10.2. The van der Waals surface area contributed by atoms with E-state index in [4.69, 9.17) is 5.11 Å². The Morgan fingerprint density at radius 2 is 1.85 bits per heavy atom. The smallest absolute Gasteiger partial charge is 0.476 e. The second kappa shape index (κ2) is 9.05. The number of carboxylic acids is 1. The van der Waals surface area contributed by atoms with Gasteiger partial charge in [0.2, 0.25) is 0 Å². The van der Waals surface area contributed by atoms with E-state index in [1.54, 1.807) is 0 Å². The summed E-state index contributed by atoms with van der Waals surface area (Å²) in [7, 11) is -3.97. The number of rotatable bonds is 7. The van der Waals surface area contributed by atoms with Gasteiger partial charge in [0.05, 0.1) is 23.3 Å². The topological polar surface area (TPSA) is 166 Å². The van der Waals surface area contributed by atoms with E-state index in [9.17, 15) is 31.2 Å². The molecule has 0 aliphatic rings. The van der Waals surface area contributed by atoms with Crippen LogP contribution in [0.15, 0.2) is 41.8 Å². The van der Waals surface area contributed by atoms with Crippen LogP contribution in [0.1, 0.15) is 39.6 Å². The van der Waals surface area contributed by atoms with E-state index in [-0.39, 0.29) is 17.3 Å². The summed E-state index contributed by atoms with van der Waals surface area (Å²) in [4.78, 5) is 34.7. The molecule has 0 unspecified atom stereocenters. The Bertz CT molecular complexity index is 1340. The number of alkyl halides is 3. The maximum absolute atomic E-state index is 12.7. The van der Waals surface area contributed by atoms with Crippen LogP contribution in [0.2, 0.25) is 0 Å². The summed E-state index contributed by atoms with van der Waals surface area (Å²) < 4.78 is 66.6. The molecule has 0 spiro atoms. The highest BCUT2D eigenvalue weighted by Crippen LogP contribution is 2.27. The Morgan fingerprint density at radius 3 is 2.41 bits per heavy atom. The number of carboxylic acid groups (broad SMARTS) is 1. The van der Waals surface area contributed by atoms with Crippen molar-refractivity contribution in [3.63, 3.8) is 0 Å². The van der Waals surface area contributed by atoms with Gasteiger partial charge in [-0.05, 0) is 25.1 Å². The van der Waals surface area contributed by atoms with Gasteiger partial charge in [0, 0.05) is 11.8 Å². The van der Waals surface area contributed by atoms with Crippen LogP contribution < -0.4 is 10.1 Å². The van der Waals surface area contributed by atoms with Gasteiger partial charge in [-0.1, -0.05) is 0 Å². The molecule has 2 N–H and O–H groups in total. The lowest BCUT2D eigenvalue weighted by Gasteiger charge is -2.16. The summed E-state index contributed by atoms with van der Waals surface area (Å²) in [6.45, 7) is 1.48. The molecule has 3 rings (SSSR count). The Kier molecular flexibility index (Phi) is 6.53. The first kappa shape index (κ1) is 24.6. The summed E-state index contributed by atoms with van der Waals surface area (Å²) in [5.41, 5.74) is -0.722. The molecular formula is C18H15F3N6O6S. The summed E-state index contributed by atoms with van der Waals surface area (Å²) >= 11 is 0. The second-order valence-corrected chi connectivity index (χ2v) is 8.82. The molecule has 1 amide bonds. The lowest BCUT2D eigenvalue weighted by Crippen LogP contribution is -2.29. The van der Waals surface area contributed by atoms with Crippen molar-refractivity contribution in [2.24, 2.45) is 0 Å². The van der Waals surface area contributed by atoms with Gasteiger partial charge in [0.1, 0.15) is 12.1 Å². The molecule has 180 valence electrons. The number of carbonyl (C=O) groups excluding carboxylic acids is 1. The van der Waals surface area contributed by atoms with Crippen LogP contribution >= 0.6 is 0 Å². The summed E-state index contributed by atoms with van der Waals surface area (Å²) in [5.74, 6) is -2.89. The van der Waals surface area contributed by atoms with Crippen LogP contribution in [0.25, 0.3) is 5.82 Å². The first-order valence-corrected chi connectivity index (χ1v) is 11.0. The molecule has 0 saturated carbocycles. The Labute approximate surface area is 189 Å². The van der Waals surface area contributed by atoms with Gasteiger partial charge in [-0.25, -0.2) is 28.2 Å². The number of aromatic nitrogens is 5. The van der Waals surface area contributed by atoms with Gasteiger partial charge in [0.25, 0.3) is 5.91 Å². The monoisotopic (exact) mass is 500 g/mol. The average Bonchev–Trinajstić information content (AvgIpc) is 3.21. The Balaban J connectivity index is 1.89. The molecular weight excluding hydrogens is 485 g/mol. The Morgan fingerprint density at radius 1 is 1.15 bits per heavy atom. The fourth-order valence-corrected chi connectivity index (χ4v) is 3.39. The maximum Gasteiger partial charge on any atom is 0.573 e. The lowest BCUT2D eigenvalue weighted by molar-refractivity contribution is -0.274. The highest BCUT2D eigenvalue weighted by Gasteiger charge is 2.32. The number of hydrogen-bond acceptors (Lipinski definition) is 9. The van der Waals surface area contributed by atoms with Crippen molar-refractivity contribution in [2.75, 3.05) is 6.26 Å². The van der Waals surface area contributed by atoms with Gasteiger partial charge >= 0.3 is 12.3 Å². The number of carbonyl (C=O) groups is 2. The van der Waals surface area contributed by atoms with Gasteiger partial charge in [-0.15, -0.1) is 13.2 Å². The number of ether oxygens (including phenoxy) is 1. The van der Waals surface area contributed by atoms with E-state index in [1.165, 1.54) is 6.92 Å². The molecule has 16 heteroatoms. The van der Waals surface area contributed by atoms with E-state index in [0.717, 1.165) is 41.8 Å². The van der Waals surface area contributed by atoms with Crippen molar-refractivity contribution < 1.29 is 41.0 Å². The number of nitrogens with zero attached hydrogens (tertiary/aromatic N) is 5. The minimum absolute atomic E-state index is 0.0820. The molecule has 2 aromatic heterocycles. The highest BCUT2D eigenvalue weighted by atomic mass is 32.2. The van der Waals surface area contributed by atoms with Crippen molar-refractivity contribution in [3.8, 4) is 11.6 Å². The number of sulfone groups is 1. The molecule has 34 heavy (non-hydrogen) atoms. The summed E-state index contributed by atoms with van der Waals surface area (Å²) in [5, 5.41) is 15.3. The van der Waals surface area contributed by atoms with Crippen molar-refractivity contribution in [2.45, 2.75) is 24.2 Å². The molecule has 0 radical (unpaired) electrons. The van der Waals surface area contributed by atoms with Crippen molar-refractivity contribution in [1.82, 2.24) is 30.0 Å². The molecule has 0 aliphatic carbocycles. The fourth-order valence-electron chi connectivity index (χ4n) is 2.72. The minimum Gasteiger partial charge on any atom is -0.476 e. The largest absolute Gasteiger partial charge is 0.573 e. The number of amides is 1. The van der Waals surface area contributed by atoms with Crippen LogP contribution in [0.3, 0.4) is 0 Å². The maximum atomic E-state index is 12.7. The van der Waals surface area contributed by atoms with Gasteiger partial charge in [-0.2, -0.15) is 9.78 Å². The molecule has 2 heterocycles. The van der Waals surface area contributed by atoms with E-state index < -0.39 is 50.3 Å². The first-order valence-electron chi connectivity index (χ1n) is 9.12. The zero-order valence-electron chi connectivity index (χ0n) is 17.3. The van der Waals surface area contributed by atoms with Crippen LogP contribution in [0.4, 0.5) is 13.2 Å². The van der Waals surface area contributed by atoms with E-state index in [2.05, 4.69) is 30.1 Å². The second-order valence-electron chi connectivity index (χ2n) is 6.80. The van der Waals surface area contributed by atoms with Gasteiger partial charge in [-0.3, -0.25) is 4.79 Å². The standard InChI is InChI=1S/C18H15F3N6O6S/c1-9(15-24-8-25-27(15)14-7-22-13(6-23-14)17(29)30)26-16(28)10-3-11(33-18(19,20)21)5-12(4-10)34(2,31)32/h3-9H,1-2H3,(H,26,28)(H,29,30)/t9-/m0/s1. The van der Waals surface area contributed by atoms with Crippen LogP contribution in [-0.4, -0.2) is 62.8 Å². The number of halogens is 3. The number of nitrogens with one attached hydrogen (secondary N) is 1. The van der Waals surface area contributed by atoms with Crippen molar-refractivity contribution >= 4 is 21.7 Å². The van der Waals surface area contributed by atoms with Crippen molar-refractivity contribution in [3.05, 3.63) is 54.0 Å². The van der Waals surface area contributed by atoms with E-state index >= 15 is 0 Å². The molecule has 0 aliphatic heterocycles. The zero-order chi connectivity index (χ0) is 25.3. The minimum atomic E-state index is -5.11. The molecule has 3 aromatic rings. The van der Waals surface area contributed by atoms with Crippen LogP contribution in [0.5, 0.6) is 5.75 Å². The van der Waals surface area contributed by atoms with Gasteiger partial charge < -0.3 is 15.2 Å². The number of aromatic carboxylic acids is 1.